The number of carboxylic acids is 1. The van der Waals surface area contributed by atoms with E-state index >= 15 is 0 Å². The summed E-state index contributed by atoms with van der Waals surface area (Å²) >= 11 is 0. The van der Waals surface area contributed by atoms with E-state index in [1.165, 1.54) is 12.3 Å². The van der Waals surface area contributed by atoms with Crippen LogP contribution < -0.4 is 5.73 Å². The molecular formula is C11H9F2N3O2. The van der Waals surface area contributed by atoms with E-state index in [2.05, 4.69) is 9.97 Å². The number of halogens is 2. The minimum Gasteiger partial charge on any atom is -0.480 e. The molecule has 2 rings (SSSR count). The molecule has 1 heterocycles. The molecule has 0 aliphatic carbocycles. The van der Waals surface area contributed by atoms with Crippen molar-refractivity contribution in [2.45, 2.75) is 6.04 Å². The molecule has 1 aromatic heterocycles. The summed E-state index contributed by atoms with van der Waals surface area (Å²) in [6.45, 7) is 0. The summed E-state index contributed by atoms with van der Waals surface area (Å²) in [5, 5.41) is 8.70. The minimum atomic E-state index is -1.29. The zero-order valence-corrected chi connectivity index (χ0v) is 9.02. The van der Waals surface area contributed by atoms with Crippen LogP contribution in [0, 0.1) is 11.6 Å². The zero-order valence-electron chi connectivity index (χ0n) is 9.02. The van der Waals surface area contributed by atoms with Crippen LogP contribution in [0.25, 0.3) is 11.3 Å². The monoisotopic (exact) mass is 253 g/mol. The minimum absolute atomic E-state index is 0.0437. The second-order valence-corrected chi connectivity index (χ2v) is 3.63. The van der Waals surface area contributed by atoms with Crippen LogP contribution in [0.4, 0.5) is 8.78 Å². The largest absolute Gasteiger partial charge is 0.480 e. The third-order valence-corrected chi connectivity index (χ3v) is 2.39. The maximum absolute atomic E-state index is 13.0. The van der Waals surface area contributed by atoms with Crippen molar-refractivity contribution in [1.29, 1.82) is 0 Å². The van der Waals surface area contributed by atoms with Crippen molar-refractivity contribution >= 4 is 5.97 Å². The third-order valence-electron chi connectivity index (χ3n) is 2.39. The Morgan fingerprint density at radius 3 is 2.72 bits per heavy atom. The van der Waals surface area contributed by atoms with Crippen molar-refractivity contribution < 1.29 is 18.7 Å². The van der Waals surface area contributed by atoms with Crippen molar-refractivity contribution in [3.63, 3.8) is 0 Å². The molecule has 0 amide bonds. The van der Waals surface area contributed by atoms with Gasteiger partial charge in [0.1, 0.15) is 5.82 Å². The summed E-state index contributed by atoms with van der Waals surface area (Å²) in [6.07, 6.45) is 1.31. The first-order valence-corrected chi connectivity index (χ1v) is 4.97. The van der Waals surface area contributed by atoms with Gasteiger partial charge in [-0.25, -0.2) is 13.8 Å². The fourth-order valence-electron chi connectivity index (χ4n) is 1.42. The first-order chi connectivity index (χ1) is 8.49. The first-order valence-electron chi connectivity index (χ1n) is 4.97. The predicted molar refractivity (Wildman–Crippen MR) is 58.5 cm³/mol. The van der Waals surface area contributed by atoms with Gasteiger partial charge in [0, 0.05) is 5.56 Å². The predicted octanol–water partition coefficient (Wildman–Crippen LogP) is 1.44. The number of benzene rings is 1. The van der Waals surface area contributed by atoms with Gasteiger partial charge < -0.3 is 15.8 Å². The first kappa shape index (κ1) is 12.2. The van der Waals surface area contributed by atoms with Crippen molar-refractivity contribution in [2.75, 3.05) is 0 Å². The van der Waals surface area contributed by atoms with Crippen molar-refractivity contribution in [2.24, 2.45) is 5.73 Å². The molecule has 0 radical (unpaired) electrons. The molecule has 7 heteroatoms. The van der Waals surface area contributed by atoms with Gasteiger partial charge in [-0.05, 0) is 18.2 Å². The van der Waals surface area contributed by atoms with Gasteiger partial charge in [-0.3, -0.25) is 4.79 Å². The van der Waals surface area contributed by atoms with E-state index in [4.69, 9.17) is 10.8 Å². The Balaban J connectivity index is 2.35. The number of aliphatic carboxylic acids is 1. The number of hydrogen-bond acceptors (Lipinski definition) is 3. The summed E-state index contributed by atoms with van der Waals surface area (Å²) in [6, 6.07) is 2.02. The van der Waals surface area contributed by atoms with Crippen molar-refractivity contribution in [3.8, 4) is 11.3 Å². The van der Waals surface area contributed by atoms with E-state index in [9.17, 15) is 13.6 Å². The number of imidazole rings is 1. The number of nitrogens with one attached hydrogen (secondary N) is 1. The fraction of sp³-hybridized carbons (Fsp3) is 0.0909. The zero-order chi connectivity index (χ0) is 13.3. The molecule has 1 atom stereocenters. The highest BCUT2D eigenvalue weighted by Crippen LogP contribution is 2.20. The average Bonchev–Trinajstić information content (AvgIpc) is 2.81. The number of rotatable bonds is 3. The number of H-pyrrole nitrogens is 1. The van der Waals surface area contributed by atoms with Crippen molar-refractivity contribution in [1.82, 2.24) is 9.97 Å². The van der Waals surface area contributed by atoms with Crippen LogP contribution in [-0.4, -0.2) is 21.0 Å². The molecule has 0 aliphatic rings. The molecule has 0 saturated heterocycles. The molecule has 0 fully saturated rings. The van der Waals surface area contributed by atoms with Crippen LogP contribution >= 0.6 is 0 Å². The number of aromatic nitrogens is 2. The molecule has 18 heavy (non-hydrogen) atoms. The van der Waals surface area contributed by atoms with Crippen LogP contribution in [0.2, 0.25) is 0 Å². The van der Waals surface area contributed by atoms with E-state index < -0.39 is 23.6 Å². The highest BCUT2D eigenvalue weighted by Gasteiger charge is 2.18. The topological polar surface area (TPSA) is 92.0 Å². The van der Waals surface area contributed by atoms with Gasteiger partial charge in [-0.2, -0.15) is 0 Å². The molecule has 94 valence electrons. The van der Waals surface area contributed by atoms with Gasteiger partial charge in [-0.15, -0.1) is 0 Å². The summed E-state index contributed by atoms with van der Waals surface area (Å²) in [5.41, 5.74) is 6.07. The lowest BCUT2D eigenvalue weighted by Crippen LogP contribution is -2.21. The number of carbonyl (C=O) groups is 1. The third kappa shape index (κ3) is 2.21. The molecule has 1 aromatic carbocycles. The molecule has 4 N–H and O–H groups in total. The molecule has 0 bridgehead atoms. The Hall–Kier alpha value is -2.28. The van der Waals surface area contributed by atoms with Gasteiger partial charge in [0.05, 0.1) is 11.9 Å². The van der Waals surface area contributed by atoms with E-state index in [1.807, 2.05) is 0 Å². The van der Waals surface area contributed by atoms with Gasteiger partial charge in [0.15, 0.2) is 17.7 Å². The number of aromatic amines is 1. The van der Waals surface area contributed by atoms with Crippen LogP contribution in [0.1, 0.15) is 11.9 Å². The smallest absolute Gasteiger partial charge is 0.328 e. The van der Waals surface area contributed by atoms with Gasteiger partial charge in [0.25, 0.3) is 0 Å². The SMILES string of the molecule is NC(C(=O)O)c1ncc(-c2ccc(F)c(F)c2)[nH]1. The second kappa shape index (κ2) is 4.53. The number of nitrogens with two attached hydrogens (primary N) is 1. The summed E-state index contributed by atoms with van der Waals surface area (Å²) in [4.78, 5) is 17.1. The standard InChI is InChI=1S/C11H9F2N3O2/c12-6-2-1-5(3-7(6)13)8-4-15-10(16-8)9(14)11(17)18/h1-4,9H,14H2,(H,15,16)(H,17,18). The molecule has 1 unspecified atom stereocenters. The van der Waals surface area contributed by atoms with Gasteiger partial charge in [0.2, 0.25) is 0 Å². The lowest BCUT2D eigenvalue weighted by molar-refractivity contribution is -0.138. The van der Waals surface area contributed by atoms with E-state index in [0.717, 1.165) is 12.1 Å². The summed E-state index contributed by atoms with van der Waals surface area (Å²) in [5.74, 6) is -3.14. The van der Waals surface area contributed by atoms with E-state index in [1.54, 1.807) is 0 Å². The Kier molecular flexibility index (Phi) is 3.07. The van der Waals surface area contributed by atoms with E-state index in [-0.39, 0.29) is 5.82 Å². The highest BCUT2D eigenvalue weighted by molar-refractivity contribution is 5.74. The summed E-state index contributed by atoms with van der Waals surface area (Å²) < 4.78 is 25.8. The molecule has 0 saturated carbocycles. The molecule has 5 nitrogen and oxygen atoms in total. The summed E-state index contributed by atoms with van der Waals surface area (Å²) in [7, 11) is 0. The van der Waals surface area contributed by atoms with Gasteiger partial charge >= 0.3 is 5.97 Å². The Morgan fingerprint density at radius 1 is 1.39 bits per heavy atom. The lowest BCUT2D eigenvalue weighted by Gasteiger charge is -2.02. The molecule has 0 spiro atoms. The number of carboxylic acid groups (broad SMARTS) is 1. The van der Waals surface area contributed by atoms with Crippen LogP contribution in [0.5, 0.6) is 0 Å². The quantitative estimate of drug-likeness (QED) is 0.771. The van der Waals surface area contributed by atoms with Gasteiger partial charge in [-0.1, -0.05) is 0 Å². The Labute approximate surface area is 100 Å². The normalized spacial score (nSPS) is 12.4. The van der Waals surface area contributed by atoms with Crippen LogP contribution in [0.15, 0.2) is 24.4 Å². The molecular weight excluding hydrogens is 244 g/mol. The van der Waals surface area contributed by atoms with Crippen LogP contribution in [0.3, 0.4) is 0 Å². The fourth-order valence-corrected chi connectivity index (χ4v) is 1.42. The molecule has 2 aromatic rings. The van der Waals surface area contributed by atoms with Crippen molar-refractivity contribution in [3.05, 3.63) is 41.9 Å². The average molecular weight is 253 g/mol. The maximum atomic E-state index is 13.0. The van der Waals surface area contributed by atoms with E-state index in [0.29, 0.717) is 11.3 Å². The highest BCUT2D eigenvalue weighted by atomic mass is 19.2. The number of hydrogen-bond donors (Lipinski definition) is 3. The second-order valence-electron chi connectivity index (χ2n) is 3.63. The Bertz CT molecular complexity index is 598. The maximum Gasteiger partial charge on any atom is 0.328 e. The lowest BCUT2D eigenvalue weighted by atomic mass is 10.1. The molecule has 0 aliphatic heterocycles. The Morgan fingerprint density at radius 2 is 2.11 bits per heavy atom. The van der Waals surface area contributed by atoms with Crippen LogP contribution in [-0.2, 0) is 4.79 Å². The number of nitrogens with zero attached hydrogens (tertiary/aromatic N) is 1.